The highest BCUT2D eigenvalue weighted by atomic mass is 35.8. The highest BCUT2D eigenvalue weighted by Gasteiger charge is 2.26. The first-order chi connectivity index (χ1) is 4.21. The molecule has 0 nitrogen and oxygen atoms in total. The van der Waals surface area contributed by atoms with Crippen molar-refractivity contribution in [2.75, 3.05) is 0 Å². The molecular weight excluding hydrogens is 293 g/mol. The van der Waals surface area contributed by atoms with Crippen LogP contribution >= 0.6 is 66.5 Å². The fourth-order valence-electron chi connectivity index (χ4n) is 0.189. The molecule has 0 aromatic rings. The molecule has 0 bridgehead atoms. The van der Waals surface area contributed by atoms with Crippen molar-refractivity contribution in [1.82, 2.24) is 0 Å². The van der Waals surface area contributed by atoms with Gasteiger partial charge >= 0.3 is 12.0 Å². The normalized spacial score (nSPS) is 14.6. The molecule has 0 aromatic heterocycles. The predicted molar refractivity (Wildman–Crippen MR) is 55.8 cm³/mol. The van der Waals surface area contributed by atoms with E-state index in [2.05, 4.69) is 0 Å². The first kappa shape index (κ1) is 11.9. The highest BCUT2D eigenvalue weighted by Crippen LogP contribution is 2.26. The average Bonchev–Trinajstić information content (AvgIpc) is 1.57. The molecule has 8 heteroatoms. The quantitative estimate of drug-likeness (QED) is 0.535. The smallest absolute Gasteiger partial charge is 0.121 e. The Morgan fingerprint density at radius 3 is 0.900 bits per heavy atom. The van der Waals surface area contributed by atoms with E-state index in [1.54, 1.807) is 0 Å². The summed E-state index contributed by atoms with van der Waals surface area (Å²) in [5.74, 6) is 0. The molecule has 0 aromatic carbocycles. The van der Waals surface area contributed by atoms with E-state index in [1.807, 2.05) is 0 Å². The molecule has 10 heavy (non-hydrogen) atoms. The van der Waals surface area contributed by atoms with Gasteiger partial charge < -0.3 is 0 Å². The Kier molecular flexibility index (Phi) is 5.05. The van der Waals surface area contributed by atoms with Crippen LogP contribution in [0.15, 0.2) is 11.4 Å². The molecule has 0 aliphatic heterocycles. The maximum absolute atomic E-state index is 5.47. The van der Waals surface area contributed by atoms with E-state index >= 15 is 0 Å². The average molecular weight is 295 g/mol. The van der Waals surface area contributed by atoms with Crippen LogP contribution in [0, 0.1) is 0 Å². The van der Waals surface area contributed by atoms with Crippen LogP contribution in [0.25, 0.3) is 0 Å². The summed E-state index contributed by atoms with van der Waals surface area (Å²) in [5.41, 5.74) is 2.74. The van der Waals surface area contributed by atoms with E-state index < -0.39 is 12.0 Å². The van der Waals surface area contributed by atoms with E-state index in [0.29, 0.717) is 0 Å². The summed E-state index contributed by atoms with van der Waals surface area (Å²) < 4.78 is 0. The third-order valence-corrected chi connectivity index (χ3v) is 4.15. The van der Waals surface area contributed by atoms with Crippen LogP contribution in [0.2, 0.25) is 0 Å². The summed E-state index contributed by atoms with van der Waals surface area (Å²) in [5, 5.41) is 0. The van der Waals surface area contributed by atoms with Crippen molar-refractivity contribution in [3.05, 3.63) is 11.4 Å². The monoisotopic (exact) mass is 292 g/mol. The fraction of sp³-hybridized carbons (Fsp3) is 0. The van der Waals surface area contributed by atoms with E-state index in [4.69, 9.17) is 66.5 Å². The van der Waals surface area contributed by atoms with Gasteiger partial charge in [-0.1, -0.05) is 11.4 Å². The summed E-state index contributed by atoms with van der Waals surface area (Å²) >= 11 is 32.8. The molecule has 0 amide bonds. The molecule has 0 saturated heterocycles. The Hall–Kier alpha value is 1.91. The second kappa shape index (κ2) is 4.24. The lowest BCUT2D eigenvalue weighted by molar-refractivity contribution is 2.40. The lowest BCUT2D eigenvalue weighted by Gasteiger charge is -2.02. The Bertz CT molecular complexity index is 114. The molecule has 0 atom stereocenters. The second-order valence-corrected chi connectivity index (χ2v) is 18.5. The third-order valence-electron chi connectivity index (χ3n) is 0.461. The van der Waals surface area contributed by atoms with Crippen molar-refractivity contribution in [2.24, 2.45) is 0 Å². The topological polar surface area (TPSA) is 0 Å². The number of hydrogen-bond acceptors (Lipinski definition) is 0. The maximum Gasteiger partial charge on any atom is 0.365 e. The van der Waals surface area contributed by atoms with Gasteiger partial charge in [0.25, 0.3) is 0 Å². The second-order valence-electron chi connectivity index (χ2n) is 1.42. The summed E-state index contributed by atoms with van der Waals surface area (Å²) in [6.45, 7) is 0. The van der Waals surface area contributed by atoms with Crippen LogP contribution in [-0.4, -0.2) is 12.0 Å². The highest BCUT2D eigenvalue weighted by molar-refractivity contribution is 7.69. The first-order valence-electron chi connectivity index (χ1n) is 2.04. The van der Waals surface area contributed by atoms with Gasteiger partial charge in [0.2, 0.25) is 0 Å². The van der Waals surface area contributed by atoms with Gasteiger partial charge in [-0.15, -0.1) is 66.5 Å². The zero-order valence-corrected chi connectivity index (χ0v) is 11.0. The van der Waals surface area contributed by atoms with Crippen molar-refractivity contribution in [3.63, 3.8) is 0 Å². The molecule has 0 saturated carbocycles. The Labute approximate surface area is 89.2 Å². The van der Waals surface area contributed by atoms with Crippen LogP contribution in [0.3, 0.4) is 0 Å². The van der Waals surface area contributed by atoms with Gasteiger partial charge in [0.15, 0.2) is 0 Å². The number of halogens is 6. The molecule has 0 aliphatic rings. The molecule has 0 aliphatic carbocycles. The van der Waals surface area contributed by atoms with Crippen molar-refractivity contribution in [3.8, 4) is 0 Å². The molecular formula is C2H2Cl6Si2. The fourth-order valence-corrected chi connectivity index (χ4v) is 5.10. The predicted octanol–water partition coefficient (Wildman–Crippen LogP) is 3.93. The lowest BCUT2D eigenvalue weighted by atomic mass is 11.2. The summed E-state index contributed by atoms with van der Waals surface area (Å²) in [6, 6.07) is -5.50. The molecule has 0 radical (unpaired) electrons. The molecule has 0 unspecified atom stereocenters. The largest absolute Gasteiger partial charge is 0.365 e. The van der Waals surface area contributed by atoms with Gasteiger partial charge in [-0.3, -0.25) is 0 Å². The van der Waals surface area contributed by atoms with Gasteiger partial charge in [-0.05, 0) is 0 Å². The van der Waals surface area contributed by atoms with E-state index in [-0.39, 0.29) is 0 Å². The van der Waals surface area contributed by atoms with Gasteiger partial charge in [0, 0.05) is 0 Å². The van der Waals surface area contributed by atoms with E-state index in [0.717, 1.165) is 0 Å². The molecule has 0 fully saturated rings. The van der Waals surface area contributed by atoms with Crippen molar-refractivity contribution in [2.45, 2.75) is 0 Å². The van der Waals surface area contributed by atoms with Gasteiger partial charge in [-0.25, -0.2) is 0 Å². The zero-order valence-electron chi connectivity index (χ0n) is 4.42. The van der Waals surface area contributed by atoms with Gasteiger partial charge in [-0.2, -0.15) is 0 Å². The summed E-state index contributed by atoms with van der Waals surface area (Å²) in [6.07, 6.45) is 0. The Morgan fingerprint density at radius 2 is 0.800 bits per heavy atom. The van der Waals surface area contributed by atoms with Crippen molar-refractivity contribution >= 4 is 78.5 Å². The number of hydrogen-bond donors (Lipinski definition) is 0. The zero-order chi connectivity index (χ0) is 8.41. The Balaban J connectivity index is 4.01. The maximum atomic E-state index is 5.47. The first-order valence-corrected chi connectivity index (χ1v) is 12.3. The standard InChI is InChI=1S/C2H2Cl6Si2/c3-9(4,5)1-2-10(6,7)8/h1-2H. The molecule has 0 heterocycles. The van der Waals surface area contributed by atoms with Crippen LogP contribution < -0.4 is 0 Å². The lowest BCUT2D eigenvalue weighted by Crippen LogP contribution is -2.10. The Morgan fingerprint density at radius 1 is 0.600 bits per heavy atom. The minimum absolute atomic E-state index is 1.37. The van der Waals surface area contributed by atoms with Crippen molar-refractivity contribution < 1.29 is 0 Å². The van der Waals surface area contributed by atoms with Crippen LogP contribution in [-0.2, 0) is 0 Å². The SMILES string of the molecule is Cl[Si](Cl)(Cl)C=C[Si](Cl)(Cl)Cl. The summed E-state index contributed by atoms with van der Waals surface area (Å²) in [7, 11) is 0. The molecule has 60 valence electrons. The minimum Gasteiger partial charge on any atom is -0.121 e. The molecule has 0 N–H and O–H groups in total. The van der Waals surface area contributed by atoms with Crippen LogP contribution in [0.1, 0.15) is 0 Å². The van der Waals surface area contributed by atoms with Gasteiger partial charge in [0.1, 0.15) is 0 Å². The molecule has 0 rings (SSSR count). The third kappa shape index (κ3) is 9.91. The number of rotatable bonds is 2. The van der Waals surface area contributed by atoms with Crippen LogP contribution in [0.5, 0.6) is 0 Å². The van der Waals surface area contributed by atoms with Crippen molar-refractivity contribution in [1.29, 1.82) is 0 Å². The minimum atomic E-state index is -2.75. The summed E-state index contributed by atoms with van der Waals surface area (Å²) in [4.78, 5) is 0. The van der Waals surface area contributed by atoms with E-state index in [1.165, 1.54) is 11.4 Å². The van der Waals surface area contributed by atoms with E-state index in [9.17, 15) is 0 Å². The van der Waals surface area contributed by atoms with Crippen LogP contribution in [0.4, 0.5) is 0 Å². The molecule has 0 spiro atoms. The van der Waals surface area contributed by atoms with Gasteiger partial charge in [0.05, 0.1) is 0 Å².